The molecule has 1 aromatic heterocycles. The summed E-state index contributed by atoms with van der Waals surface area (Å²) in [6, 6.07) is 10.4. The SMILES string of the molecule is CN(C)CC[NH2+]Cc1ccc(-c2cccc(C(=O)[O-])c2)o1. The molecule has 112 valence electrons. The van der Waals surface area contributed by atoms with E-state index in [1.54, 1.807) is 12.1 Å². The van der Waals surface area contributed by atoms with Crippen LogP contribution >= 0.6 is 0 Å². The molecule has 2 N–H and O–H groups in total. The second-order valence-corrected chi connectivity index (χ2v) is 5.22. The topological polar surface area (TPSA) is 73.1 Å². The molecule has 0 saturated carbocycles. The molecule has 5 nitrogen and oxygen atoms in total. The number of rotatable bonds is 7. The molecule has 0 aliphatic heterocycles. The Labute approximate surface area is 124 Å². The van der Waals surface area contributed by atoms with Gasteiger partial charge in [0.15, 0.2) is 5.76 Å². The zero-order chi connectivity index (χ0) is 15.2. The third kappa shape index (κ3) is 4.44. The van der Waals surface area contributed by atoms with Gasteiger partial charge in [-0.25, -0.2) is 0 Å². The fourth-order valence-electron chi connectivity index (χ4n) is 2.04. The summed E-state index contributed by atoms with van der Waals surface area (Å²) >= 11 is 0. The number of carbonyl (C=O) groups excluding carboxylic acids is 1. The molecule has 0 atom stereocenters. The summed E-state index contributed by atoms with van der Waals surface area (Å²) in [7, 11) is 4.09. The molecule has 0 bridgehead atoms. The van der Waals surface area contributed by atoms with Crippen molar-refractivity contribution in [1.29, 1.82) is 0 Å². The van der Waals surface area contributed by atoms with Gasteiger partial charge in [-0.2, -0.15) is 0 Å². The molecular formula is C16H20N2O3. The van der Waals surface area contributed by atoms with Gasteiger partial charge in [-0.3, -0.25) is 0 Å². The van der Waals surface area contributed by atoms with Crippen LogP contribution in [0.3, 0.4) is 0 Å². The quantitative estimate of drug-likeness (QED) is 0.724. The predicted molar refractivity (Wildman–Crippen MR) is 77.5 cm³/mol. The van der Waals surface area contributed by atoms with Crippen molar-refractivity contribution < 1.29 is 19.6 Å². The molecule has 0 aliphatic carbocycles. The van der Waals surface area contributed by atoms with Gasteiger partial charge in [0.2, 0.25) is 0 Å². The van der Waals surface area contributed by atoms with Gasteiger partial charge in [-0.15, -0.1) is 0 Å². The van der Waals surface area contributed by atoms with Gasteiger partial charge in [0, 0.05) is 12.1 Å². The number of nitrogens with two attached hydrogens (primary N) is 1. The number of quaternary nitrogens is 1. The van der Waals surface area contributed by atoms with Crippen molar-refractivity contribution in [2.75, 3.05) is 27.2 Å². The fourth-order valence-corrected chi connectivity index (χ4v) is 2.04. The highest BCUT2D eigenvalue weighted by molar-refractivity contribution is 5.87. The van der Waals surface area contributed by atoms with E-state index in [1.165, 1.54) is 6.07 Å². The Balaban J connectivity index is 1.99. The Morgan fingerprint density at radius 1 is 1.29 bits per heavy atom. The zero-order valence-corrected chi connectivity index (χ0v) is 12.3. The number of hydrogen-bond acceptors (Lipinski definition) is 4. The van der Waals surface area contributed by atoms with Crippen LogP contribution in [0, 0.1) is 0 Å². The Kier molecular flexibility index (Phi) is 5.14. The molecule has 0 saturated heterocycles. The van der Waals surface area contributed by atoms with E-state index in [-0.39, 0.29) is 5.56 Å². The van der Waals surface area contributed by atoms with E-state index in [4.69, 9.17) is 4.42 Å². The molecule has 2 rings (SSSR count). The molecule has 2 aromatic rings. The van der Waals surface area contributed by atoms with Crippen molar-refractivity contribution in [1.82, 2.24) is 4.90 Å². The smallest absolute Gasteiger partial charge is 0.158 e. The zero-order valence-electron chi connectivity index (χ0n) is 12.3. The van der Waals surface area contributed by atoms with Gasteiger partial charge < -0.3 is 24.5 Å². The van der Waals surface area contributed by atoms with Crippen LogP contribution < -0.4 is 10.4 Å². The van der Waals surface area contributed by atoms with Crippen molar-refractivity contribution in [2.24, 2.45) is 0 Å². The minimum atomic E-state index is -1.18. The number of nitrogens with zero attached hydrogens (tertiary/aromatic N) is 1. The molecular weight excluding hydrogens is 268 g/mol. The van der Waals surface area contributed by atoms with E-state index in [1.807, 2.05) is 32.3 Å². The Morgan fingerprint density at radius 3 is 2.81 bits per heavy atom. The number of hydrogen-bond donors (Lipinski definition) is 1. The normalized spacial score (nSPS) is 11.0. The summed E-state index contributed by atoms with van der Waals surface area (Å²) in [5, 5.41) is 13.0. The minimum Gasteiger partial charge on any atom is -0.545 e. The average Bonchev–Trinajstić information content (AvgIpc) is 2.92. The van der Waals surface area contributed by atoms with E-state index < -0.39 is 5.97 Å². The van der Waals surface area contributed by atoms with Crippen LogP contribution in [0.4, 0.5) is 0 Å². The predicted octanol–water partition coefficient (Wildman–Crippen LogP) is -0.0649. The van der Waals surface area contributed by atoms with E-state index in [0.29, 0.717) is 5.76 Å². The van der Waals surface area contributed by atoms with Gasteiger partial charge in [0.1, 0.15) is 12.3 Å². The lowest BCUT2D eigenvalue weighted by atomic mass is 10.1. The standard InChI is InChI=1S/C16H20N2O3/c1-18(2)9-8-17-11-14-6-7-15(21-14)12-4-3-5-13(10-12)16(19)20/h3-7,10,17H,8-9,11H2,1-2H3,(H,19,20). The highest BCUT2D eigenvalue weighted by Gasteiger charge is 2.07. The summed E-state index contributed by atoms with van der Waals surface area (Å²) < 4.78 is 5.75. The lowest BCUT2D eigenvalue weighted by Gasteiger charge is -2.07. The van der Waals surface area contributed by atoms with Crippen molar-refractivity contribution in [3.8, 4) is 11.3 Å². The number of furan rings is 1. The monoisotopic (exact) mass is 288 g/mol. The molecule has 0 spiro atoms. The summed E-state index contributed by atoms with van der Waals surface area (Å²) in [5.74, 6) is 0.373. The van der Waals surface area contributed by atoms with Gasteiger partial charge in [-0.05, 0) is 37.9 Å². The highest BCUT2D eigenvalue weighted by Crippen LogP contribution is 2.22. The second kappa shape index (κ2) is 7.06. The molecule has 0 amide bonds. The fraction of sp³-hybridized carbons (Fsp3) is 0.312. The first-order valence-electron chi connectivity index (χ1n) is 6.93. The van der Waals surface area contributed by atoms with Crippen LogP contribution in [-0.4, -0.2) is 38.1 Å². The van der Waals surface area contributed by atoms with E-state index >= 15 is 0 Å². The van der Waals surface area contributed by atoms with E-state index in [9.17, 15) is 9.90 Å². The van der Waals surface area contributed by atoms with Crippen molar-refractivity contribution in [3.05, 3.63) is 47.7 Å². The summed E-state index contributed by atoms with van der Waals surface area (Å²) in [6.07, 6.45) is 0. The number of likely N-dealkylation sites (N-methyl/N-ethyl adjacent to an activating group) is 1. The average molecular weight is 288 g/mol. The van der Waals surface area contributed by atoms with Crippen LogP contribution in [0.15, 0.2) is 40.8 Å². The number of carboxylic acids is 1. The maximum absolute atomic E-state index is 10.9. The number of carboxylic acid groups (broad SMARTS) is 1. The molecule has 1 heterocycles. The molecule has 1 aromatic carbocycles. The van der Waals surface area contributed by atoms with Crippen molar-refractivity contribution in [2.45, 2.75) is 6.54 Å². The molecule has 0 radical (unpaired) electrons. The minimum absolute atomic E-state index is 0.156. The molecule has 5 heteroatoms. The van der Waals surface area contributed by atoms with Crippen LogP contribution in [0.1, 0.15) is 16.1 Å². The number of aromatic carboxylic acids is 1. The van der Waals surface area contributed by atoms with Crippen LogP contribution in [0.25, 0.3) is 11.3 Å². The Hall–Kier alpha value is -2.11. The Morgan fingerprint density at radius 2 is 2.10 bits per heavy atom. The Bertz CT molecular complexity index is 605. The maximum Gasteiger partial charge on any atom is 0.158 e. The van der Waals surface area contributed by atoms with Crippen LogP contribution in [0.5, 0.6) is 0 Å². The lowest BCUT2D eigenvalue weighted by Crippen LogP contribution is -2.83. The van der Waals surface area contributed by atoms with E-state index in [0.717, 1.165) is 31.0 Å². The highest BCUT2D eigenvalue weighted by atomic mass is 16.4. The van der Waals surface area contributed by atoms with Crippen LogP contribution in [0.2, 0.25) is 0 Å². The second-order valence-electron chi connectivity index (χ2n) is 5.22. The number of benzene rings is 1. The largest absolute Gasteiger partial charge is 0.545 e. The third-order valence-corrected chi connectivity index (χ3v) is 3.17. The lowest BCUT2D eigenvalue weighted by molar-refractivity contribution is -0.671. The van der Waals surface area contributed by atoms with Crippen molar-refractivity contribution >= 4 is 5.97 Å². The third-order valence-electron chi connectivity index (χ3n) is 3.17. The molecule has 0 unspecified atom stereocenters. The summed E-state index contributed by atoms with van der Waals surface area (Å²) in [5.41, 5.74) is 0.902. The van der Waals surface area contributed by atoms with Gasteiger partial charge in [0.25, 0.3) is 0 Å². The summed E-state index contributed by atoms with van der Waals surface area (Å²) in [6.45, 7) is 2.79. The van der Waals surface area contributed by atoms with Crippen LogP contribution in [-0.2, 0) is 6.54 Å². The molecule has 0 aliphatic rings. The van der Waals surface area contributed by atoms with E-state index in [2.05, 4.69) is 10.2 Å². The first-order valence-corrected chi connectivity index (χ1v) is 6.93. The van der Waals surface area contributed by atoms with Gasteiger partial charge in [0.05, 0.1) is 12.5 Å². The van der Waals surface area contributed by atoms with Gasteiger partial charge >= 0.3 is 0 Å². The van der Waals surface area contributed by atoms with Gasteiger partial charge in [-0.1, -0.05) is 18.2 Å². The maximum atomic E-state index is 10.9. The number of carbonyl (C=O) groups is 1. The van der Waals surface area contributed by atoms with Crippen molar-refractivity contribution in [3.63, 3.8) is 0 Å². The summed E-state index contributed by atoms with van der Waals surface area (Å²) in [4.78, 5) is 13.0. The first-order chi connectivity index (χ1) is 10.1. The first kappa shape index (κ1) is 15.3. The molecule has 0 fully saturated rings. The molecule has 21 heavy (non-hydrogen) atoms.